The van der Waals surface area contributed by atoms with E-state index in [9.17, 15) is 9.59 Å². The Morgan fingerprint density at radius 3 is 2.17 bits per heavy atom. The Morgan fingerprint density at radius 1 is 0.875 bits per heavy atom. The van der Waals surface area contributed by atoms with Crippen LogP contribution >= 0.6 is 12.4 Å². The van der Waals surface area contributed by atoms with Crippen molar-refractivity contribution in [3.63, 3.8) is 0 Å². The minimum atomic E-state index is -0.211. The second-order valence-electron chi connectivity index (χ2n) is 5.35. The van der Waals surface area contributed by atoms with E-state index in [1.165, 1.54) is 0 Å². The molecule has 0 radical (unpaired) electrons. The monoisotopic (exact) mass is 356 g/mol. The Bertz CT molecular complexity index is 480. The van der Waals surface area contributed by atoms with E-state index in [4.69, 9.17) is 0 Å². The van der Waals surface area contributed by atoms with E-state index in [-0.39, 0.29) is 24.3 Å². The first-order valence-corrected chi connectivity index (χ1v) is 8.27. The SMILES string of the molecule is CCCNCCNC(=O)Cc1ccc(NC(=O)NCCC)cc1.Cl. The molecule has 1 aromatic rings. The van der Waals surface area contributed by atoms with Gasteiger partial charge in [0.15, 0.2) is 0 Å². The number of amides is 3. The highest BCUT2D eigenvalue weighted by Gasteiger charge is 2.04. The zero-order valence-electron chi connectivity index (χ0n) is 14.5. The molecular weight excluding hydrogens is 328 g/mol. The van der Waals surface area contributed by atoms with Gasteiger partial charge in [-0.2, -0.15) is 0 Å². The zero-order chi connectivity index (χ0) is 16.9. The van der Waals surface area contributed by atoms with E-state index >= 15 is 0 Å². The van der Waals surface area contributed by atoms with Gasteiger partial charge in [0.1, 0.15) is 0 Å². The van der Waals surface area contributed by atoms with E-state index < -0.39 is 0 Å². The Morgan fingerprint density at radius 2 is 1.54 bits per heavy atom. The third kappa shape index (κ3) is 10.1. The summed E-state index contributed by atoms with van der Waals surface area (Å²) in [6.07, 6.45) is 2.33. The van der Waals surface area contributed by atoms with E-state index in [0.717, 1.165) is 31.5 Å². The number of rotatable bonds is 10. The number of benzene rings is 1. The maximum absolute atomic E-state index is 11.8. The second kappa shape index (κ2) is 13.6. The van der Waals surface area contributed by atoms with Gasteiger partial charge >= 0.3 is 6.03 Å². The lowest BCUT2D eigenvalue weighted by molar-refractivity contribution is -0.120. The summed E-state index contributed by atoms with van der Waals surface area (Å²) < 4.78 is 0. The van der Waals surface area contributed by atoms with Crippen molar-refractivity contribution >= 4 is 30.0 Å². The zero-order valence-corrected chi connectivity index (χ0v) is 15.3. The molecule has 4 N–H and O–H groups in total. The first kappa shape index (κ1) is 22.2. The van der Waals surface area contributed by atoms with Crippen LogP contribution in [0.5, 0.6) is 0 Å². The summed E-state index contributed by atoms with van der Waals surface area (Å²) in [5.74, 6) is 0.00435. The van der Waals surface area contributed by atoms with Gasteiger partial charge in [0.2, 0.25) is 5.91 Å². The van der Waals surface area contributed by atoms with Crippen LogP contribution in [0.3, 0.4) is 0 Å². The summed E-state index contributed by atoms with van der Waals surface area (Å²) in [6.45, 7) is 7.15. The average Bonchev–Trinajstić information content (AvgIpc) is 2.54. The van der Waals surface area contributed by atoms with Crippen molar-refractivity contribution in [3.05, 3.63) is 29.8 Å². The third-order valence-corrected chi connectivity index (χ3v) is 3.16. The molecule has 24 heavy (non-hydrogen) atoms. The van der Waals surface area contributed by atoms with Gasteiger partial charge in [-0.25, -0.2) is 4.79 Å². The van der Waals surface area contributed by atoms with Crippen LogP contribution in [0.15, 0.2) is 24.3 Å². The number of halogens is 1. The lowest BCUT2D eigenvalue weighted by Crippen LogP contribution is -2.33. The number of hydrogen-bond acceptors (Lipinski definition) is 3. The van der Waals surface area contributed by atoms with Crippen LogP contribution in [-0.2, 0) is 11.2 Å². The highest BCUT2D eigenvalue weighted by Crippen LogP contribution is 2.09. The van der Waals surface area contributed by atoms with Gasteiger partial charge in [-0.15, -0.1) is 12.4 Å². The molecule has 0 saturated heterocycles. The minimum absolute atomic E-state index is 0. The summed E-state index contributed by atoms with van der Waals surface area (Å²) in [7, 11) is 0. The molecular formula is C17H29ClN4O2. The van der Waals surface area contributed by atoms with E-state index in [0.29, 0.717) is 25.2 Å². The van der Waals surface area contributed by atoms with Crippen LogP contribution < -0.4 is 21.3 Å². The molecule has 0 aliphatic heterocycles. The van der Waals surface area contributed by atoms with Gasteiger partial charge in [0, 0.05) is 25.3 Å². The summed E-state index contributed by atoms with van der Waals surface area (Å²) in [5, 5.41) is 11.6. The van der Waals surface area contributed by atoms with Crippen LogP contribution in [0.4, 0.5) is 10.5 Å². The fourth-order valence-corrected chi connectivity index (χ4v) is 1.96. The highest BCUT2D eigenvalue weighted by molar-refractivity contribution is 5.89. The topological polar surface area (TPSA) is 82.3 Å². The average molecular weight is 357 g/mol. The molecule has 0 atom stereocenters. The van der Waals surface area contributed by atoms with Gasteiger partial charge in [0.05, 0.1) is 6.42 Å². The fourth-order valence-electron chi connectivity index (χ4n) is 1.96. The van der Waals surface area contributed by atoms with E-state index in [2.05, 4.69) is 28.2 Å². The first-order chi connectivity index (χ1) is 11.2. The Balaban J connectivity index is 0.00000529. The normalized spacial score (nSPS) is 9.75. The second-order valence-corrected chi connectivity index (χ2v) is 5.35. The summed E-state index contributed by atoms with van der Waals surface area (Å²) in [4.78, 5) is 23.3. The first-order valence-electron chi connectivity index (χ1n) is 8.27. The molecule has 3 amide bonds. The number of urea groups is 1. The van der Waals surface area contributed by atoms with Gasteiger partial charge in [-0.05, 0) is 37.1 Å². The van der Waals surface area contributed by atoms with E-state index in [1.54, 1.807) is 12.1 Å². The minimum Gasteiger partial charge on any atom is -0.355 e. The van der Waals surface area contributed by atoms with Crippen molar-refractivity contribution in [2.24, 2.45) is 0 Å². The molecule has 6 nitrogen and oxygen atoms in total. The smallest absolute Gasteiger partial charge is 0.319 e. The largest absolute Gasteiger partial charge is 0.355 e. The highest BCUT2D eigenvalue weighted by atomic mass is 35.5. The molecule has 0 aromatic heterocycles. The van der Waals surface area contributed by atoms with Gasteiger partial charge in [-0.1, -0.05) is 26.0 Å². The lowest BCUT2D eigenvalue weighted by Gasteiger charge is -2.08. The fraction of sp³-hybridized carbons (Fsp3) is 0.529. The maximum atomic E-state index is 11.8. The number of carbonyl (C=O) groups is 2. The van der Waals surface area contributed by atoms with Crippen molar-refractivity contribution < 1.29 is 9.59 Å². The van der Waals surface area contributed by atoms with Gasteiger partial charge < -0.3 is 21.3 Å². The number of hydrogen-bond donors (Lipinski definition) is 4. The van der Waals surface area contributed by atoms with Crippen molar-refractivity contribution in [2.75, 3.05) is 31.5 Å². The standard InChI is InChI=1S/C17H28N4O2.ClH/c1-3-9-18-11-12-19-16(22)13-14-5-7-15(8-6-14)21-17(23)20-10-4-2;/h5-8,18H,3-4,9-13H2,1-2H3,(H,19,22)(H2,20,21,23);1H. The summed E-state index contributed by atoms with van der Waals surface area (Å²) in [6, 6.07) is 7.10. The summed E-state index contributed by atoms with van der Waals surface area (Å²) in [5.41, 5.74) is 1.63. The molecule has 0 unspecified atom stereocenters. The lowest BCUT2D eigenvalue weighted by atomic mass is 10.1. The van der Waals surface area contributed by atoms with E-state index in [1.807, 2.05) is 19.1 Å². The van der Waals surface area contributed by atoms with Crippen LogP contribution in [0.25, 0.3) is 0 Å². The third-order valence-electron chi connectivity index (χ3n) is 3.16. The van der Waals surface area contributed by atoms with Crippen LogP contribution in [0, 0.1) is 0 Å². The molecule has 136 valence electrons. The predicted molar refractivity (Wildman–Crippen MR) is 101 cm³/mol. The van der Waals surface area contributed by atoms with Crippen molar-refractivity contribution in [3.8, 4) is 0 Å². The van der Waals surface area contributed by atoms with Crippen LogP contribution in [0.2, 0.25) is 0 Å². The van der Waals surface area contributed by atoms with Crippen molar-refractivity contribution in [1.82, 2.24) is 16.0 Å². The van der Waals surface area contributed by atoms with Crippen molar-refractivity contribution in [1.29, 1.82) is 0 Å². The molecule has 0 aliphatic carbocycles. The predicted octanol–water partition coefficient (Wildman–Crippen LogP) is 2.30. The quantitative estimate of drug-likeness (QED) is 0.485. The molecule has 1 rings (SSSR count). The molecule has 7 heteroatoms. The molecule has 0 aliphatic rings. The molecule has 0 bridgehead atoms. The summed E-state index contributed by atoms with van der Waals surface area (Å²) >= 11 is 0. The number of nitrogens with one attached hydrogen (secondary N) is 4. The molecule has 0 heterocycles. The van der Waals surface area contributed by atoms with Crippen molar-refractivity contribution in [2.45, 2.75) is 33.1 Å². The maximum Gasteiger partial charge on any atom is 0.319 e. The molecule has 0 fully saturated rings. The van der Waals surface area contributed by atoms with Crippen LogP contribution in [0.1, 0.15) is 32.3 Å². The number of anilines is 1. The Hall–Kier alpha value is -1.79. The number of carbonyl (C=O) groups excluding carboxylic acids is 2. The van der Waals surface area contributed by atoms with Crippen LogP contribution in [-0.4, -0.2) is 38.1 Å². The molecule has 0 spiro atoms. The molecule has 1 aromatic carbocycles. The Labute approximate surface area is 150 Å². The molecule has 0 saturated carbocycles. The van der Waals surface area contributed by atoms with Gasteiger partial charge in [-0.3, -0.25) is 4.79 Å². The van der Waals surface area contributed by atoms with Gasteiger partial charge in [0.25, 0.3) is 0 Å². The Kier molecular flexibility index (Phi) is 12.6.